The Morgan fingerprint density at radius 2 is 1.91 bits per heavy atom. The van der Waals surface area contributed by atoms with E-state index in [0.29, 0.717) is 5.69 Å². The molecule has 1 fully saturated rings. The summed E-state index contributed by atoms with van der Waals surface area (Å²) < 4.78 is 30.3. The van der Waals surface area contributed by atoms with Gasteiger partial charge in [-0.3, -0.25) is 4.90 Å². The molecule has 124 valence electrons. The Hall–Kier alpha value is -0.960. The first-order chi connectivity index (χ1) is 10.5. The molecule has 2 aliphatic heterocycles. The fraction of sp³-hybridized carbons (Fsp3) is 0.786. The molecular weight excluding hydrogens is 304 g/mol. The Bertz CT molecular complexity index is 608. The van der Waals surface area contributed by atoms with Crippen molar-refractivity contribution < 1.29 is 12.9 Å². The summed E-state index contributed by atoms with van der Waals surface area (Å²) in [6.45, 7) is 6.58. The number of aromatic nitrogens is 1. The van der Waals surface area contributed by atoms with Crippen LogP contribution in [0, 0.1) is 0 Å². The molecule has 0 aliphatic carbocycles. The standard InChI is InChI=1S/C14H24N4O3S/c1-22(19,20)15-10-13-12-11-18(7-4-14(12)21-16-13)9-8-17-5-2-3-6-17/h15H,2-11H2,1H3. The van der Waals surface area contributed by atoms with Crippen molar-refractivity contribution in [3.8, 4) is 0 Å². The lowest BCUT2D eigenvalue weighted by atomic mass is 10.1. The summed E-state index contributed by atoms with van der Waals surface area (Å²) >= 11 is 0. The minimum absolute atomic E-state index is 0.206. The van der Waals surface area contributed by atoms with Crippen LogP contribution in [0.3, 0.4) is 0 Å². The van der Waals surface area contributed by atoms with Crippen LogP contribution in [0.1, 0.15) is 29.9 Å². The molecule has 0 unspecified atom stereocenters. The van der Waals surface area contributed by atoms with Crippen LogP contribution in [-0.2, 0) is 29.5 Å². The molecule has 1 saturated heterocycles. The Morgan fingerprint density at radius 3 is 2.64 bits per heavy atom. The largest absolute Gasteiger partial charge is 0.361 e. The van der Waals surface area contributed by atoms with Crippen molar-refractivity contribution in [1.82, 2.24) is 19.7 Å². The van der Waals surface area contributed by atoms with Crippen molar-refractivity contribution in [2.24, 2.45) is 0 Å². The van der Waals surface area contributed by atoms with Gasteiger partial charge in [0, 0.05) is 38.2 Å². The number of hydrogen-bond donors (Lipinski definition) is 1. The van der Waals surface area contributed by atoms with Crippen LogP contribution in [0.15, 0.2) is 4.52 Å². The van der Waals surface area contributed by atoms with Gasteiger partial charge in [-0.25, -0.2) is 13.1 Å². The fourth-order valence-corrected chi connectivity index (χ4v) is 3.54. The molecule has 1 N–H and O–H groups in total. The zero-order valence-corrected chi connectivity index (χ0v) is 13.9. The van der Waals surface area contributed by atoms with Gasteiger partial charge in [0.2, 0.25) is 10.0 Å². The molecule has 3 rings (SSSR count). The summed E-state index contributed by atoms with van der Waals surface area (Å²) in [6.07, 6.45) is 4.64. The zero-order valence-electron chi connectivity index (χ0n) is 13.0. The number of rotatable bonds is 6. The maximum atomic E-state index is 11.2. The maximum absolute atomic E-state index is 11.2. The molecule has 0 aromatic carbocycles. The molecule has 0 bridgehead atoms. The topological polar surface area (TPSA) is 78.7 Å². The summed E-state index contributed by atoms with van der Waals surface area (Å²) in [5, 5.41) is 4.03. The van der Waals surface area contributed by atoms with Crippen molar-refractivity contribution >= 4 is 10.0 Å². The van der Waals surface area contributed by atoms with Gasteiger partial charge in [-0.2, -0.15) is 0 Å². The van der Waals surface area contributed by atoms with Crippen LogP contribution in [0.4, 0.5) is 0 Å². The lowest BCUT2D eigenvalue weighted by Gasteiger charge is -2.28. The van der Waals surface area contributed by atoms with Crippen LogP contribution in [0.25, 0.3) is 0 Å². The Kier molecular flexibility index (Phi) is 4.82. The van der Waals surface area contributed by atoms with Gasteiger partial charge >= 0.3 is 0 Å². The maximum Gasteiger partial charge on any atom is 0.209 e. The fourth-order valence-electron chi connectivity index (χ4n) is 3.14. The third-order valence-electron chi connectivity index (χ3n) is 4.42. The second kappa shape index (κ2) is 6.66. The predicted molar refractivity (Wildman–Crippen MR) is 82.8 cm³/mol. The van der Waals surface area contributed by atoms with Crippen molar-refractivity contribution in [1.29, 1.82) is 0 Å². The van der Waals surface area contributed by atoms with Crippen LogP contribution in [0.2, 0.25) is 0 Å². The number of nitrogens with one attached hydrogen (secondary N) is 1. The number of fused-ring (bicyclic) bond motifs is 1. The third kappa shape index (κ3) is 4.07. The van der Waals surface area contributed by atoms with E-state index in [0.717, 1.165) is 50.2 Å². The molecule has 22 heavy (non-hydrogen) atoms. The molecule has 3 heterocycles. The van der Waals surface area contributed by atoms with Gasteiger partial charge in [-0.1, -0.05) is 5.16 Å². The van der Waals surface area contributed by atoms with E-state index in [1.54, 1.807) is 0 Å². The Labute approximate surface area is 131 Å². The smallest absolute Gasteiger partial charge is 0.209 e. The van der Waals surface area contributed by atoms with Crippen molar-refractivity contribution in [2.45, 2.75) is 32.4 Å². The zero-order chi connectivity index (χ0) is 15.6. The summed E-state index contributed by atoms with van der Waals surface area (Å²) in [7, 11) is -3.21. The van der Waals surface area contributed by atoms with Gasteiger partial charge in [-0.15, -0.1) is 0 Å². The first kappa shape index (κ1) is 15.9. The summed E-state index contributed by atoms with van der Waals surface area (Å²) in [5.74, 6) is 0.905. The number of sulfonamides is 1. The van der Waals surface area contributed by atoms with E-state index < -0.39 is 10.0 Å². The summed E-state index contributed by atoms with van der Waals surface area (Å²) in [4.78, 5) is 4.91. The molecule has 0 saturated carbocycles. The molecule has 0 radical (unpaired) electrons. The van der Waals surface area contributed by atoms with Crippen LogP contribution < -0.4 is 4.72 Å². The highest BCUT2D eigenvalue weighted by Crippen LogP contribution is 2.22. The van der Waals surface area contributed by atoms with E-state index in [2.05, 4.69) is 19.7 Å². The minimum atomic E-state index is -3.21. The normalized spacial score (nSPS) is 20.4. The van der Waals surface area contributed by atoms with Gasteiger partial charge < -0.3 is 9.42 Å². The SMILES string of the molecule is CS(=O)(=O)NCc1noc2c1CN(CCN1CCCC1)CC2. The molecule has 1 aromatic heterocycles. The van der Waals surface area contributed by atoms with E-state index in [1.165, 1.54) is 25.9 Å². The number of hydrogen-bond acceptors (Lipinski definition) is 6. The van der Waals surface area contributed by atoms with Gasteiger partial charge in [0.25, 0.3) is 0 Å². The first-order valence-electron chi connectivity index (χ1n) is 7.87. The van der Waals surface area contributed by atoms with Crippen molar-refractivity contribution in [3.63, 3.8) is 0 Å². The molecule has 2 aliphatic rings. The highest BCUT2D eigenvalue weighted by atomic mass is 32.2. The van der Waals surface area contributed by atoms with E-state index in [9.17, 15) is 8.42 Å². The molecule has 0 amide bonds. The second-order valence-electron chi connectivity index (χ2n) is 6.20. The van der Waals surface area contributed by atoms with Crippen LogP contribution in [0.5, 0.6) is 0 Å². The van der Waals surface area contributed by atoms with E-state index in [4.69, 9.17) is 4.52 Å². The van der Waals surface area contributed by atoms with E-state index >= 15 is 0 Å². The average molecular weight is 328 g/mol. The molecule has 0 atom stereocenters. The Balaban J connectivity index is 1.57. The van der Waals surface area contributed by atoms with Gasteiger partial charge in [-0.05, 0) is 25.9 Å². The number of likely N-dealkylation sites (tertiary alicyclic amines) is 1. The summed E-state index contributed by atoms with van der Waals surface area (Å²) in [6, 6.07) is 0. The molecular formula is C14H24N4O3S. The van der Waals surface area contributed by atoms with Crippen LogP contribution >= 0.6 is 0 Å². The van der Waals surface area contributed by atoms with Crippen LogP contribution in [-0.4, -0.2) is 62.4 Å². The minimum Gasteiger partial charge on any atom is -0.361 e. The van der Waals surface area contributed by atoms with Gasteiger partial charge in [0.15, 0.2) is 0 Å². The third-order valence-corrected chi connectivity index (χ3v) is 5.09. The monoisotopic (exact) mass is 328 g/mol. The van der Waals surface area contributed by atoms with E-state index in [1.807, 2.05) is 0 Å². The molecule has 8 heteroatoms. The van der Waals surface area contributed by atoms with Crippen molar-refractivity contribution in [2.75, 3.05) is 39.0 Å². The summed E-state index contributed by atoms with van der Waals surface area (Å²) in [5.41, 5.74) is 1.77. The lowest BCUT2D eigenvalue weighted by Crippen LogP contribution is -2.37. The van der Waals surface area contributed by atoms with E-state index in [-0.39, 0.29) is 6.54 Å². The van der Waals surface area contributed by atoms with Gasteiger partial charge in [0.05, 0.1) is 12.8 Å². The second-order valence-corrected chi connectivity index (χ2v) is 8.03. The highest BCUT2D eigenvalue weighted by Gasteiger charge is 2.24. The molecule has 1 aromatic rings. The lowest BCUT2D eigenvalue weighted by molar-refractivity contribution is 0.202. The highest BCUT2D eigenvalue weighted by molar-refractivity contribution is 7.88. The average Bonchev–Trinajstić information content (AvgIpc) is 3.11. The predicted octanol–water partition coefficient (Wildman–Crippen LogP) is 0.178. The van der Waals surface area contributed by atoms with Crippen molar-refractivity contribution in [3.05, 3.63) is 17.0 Å². The molecule has 0 spiro atoms. The first-order valence-corrected chi connectivity index (χ1v) is 9.76. The number of nitrogens with zero attached hydrogens (tertiary/aromatic N) is 3. The quantitative estimate of drug-likeness (QED) is 0.802. The Morgan fingerprint density at radius 1 is 1.18 bits per heavy atom. The van der Waals surface area contributed by atoms with Gasteiger partial charge in [0.1, 0.15) is 11.5 Å². The molecule has 7 nitrogen and oxygen atoms in total.